The van der Waals surface area contributed by atoms with E-state index in [1.54, 1.807) is 11.0 Å². The number of rotatable bonds is 4. The van der Waals surface area contributed by atoms with Crippen LogP contribution >= 0.6 is 11.6 Å². The molecule has 6 nitrogen and oxygen atoms in total. The molecule has 27 heavy (non-hydrogen) atoms. The van der Waals surface area contributed by atoms with Crippen LogP contribution in [0.5, 0.6) is 0 Å². The normalized spacial score (nSPS) is 23.0. The predicted octanol–water partition coefficient (Wildman–Crippen LogP) is 2.69. The Bertz CT molecular complexity index is 708. The summed E-state index contributed by atoms with van der Waals surface area (Å²) in [7, 11) is 0. The number of nitrogens with one attached hydrogen (secondary N) is 1. The van der Waals surface area contributed by atoms with Gasteiger partial charge >= 0.3 is 0 Å². The number of nitrogens with zero attached hydrogens (tertiary/aromatic N) is 2. The Morgan fingerprint density at radius 1 is 1.07 bits per heavy atom. The molecule has 3 amide bonds. The second-order valence-corrected chi connectivity index (χ2v) is 7.82. The van der Waals surface area contributed by atoms with Gasteiger partial charge in [-0.25, -0.2) is 0 Å². The van der Waals surface area contributed by atoms with E-state index in [9.17, 15) is 14.4 Å². The molecule has 1 aliphatic carbocycles. The molecule has 0 bridgehead atoms. The van der Waals surface area contributed by atoms with Gasteiger partial charge in [-0.1, -0.05) is 17.7 Å². The van der Waals surface area contributed by atoms with E-state index in [2.05, 4.69) is 5.32 Å². The van der Waals surface area contributed by atoms with Gasteiger partial charge in [0.25, 0.3) is 0 Å². The molecule has 0 spiro atoms. The van der Waals surface area contributed by atoms with E-state index in [0.717, 1.165) is 43.3 Å². The number of benzene rings is 1. The smallest absolute Gasteiger partial charge is 0.227 e. The van der Waals surface area contributed by atoms with E-state index in [-0.39, 0.29) is 23.7 Å². The number of carbonyl (C=O) groups is 3. The maximum atomic E-state index is 12.7. The molecule has 1 aromatic carbocycles. The molecule has 0 radical (unpaired) electrons. The van der Waals surface area contributed by atoms with Crippen LogP contribution < -0.4 is 5.32 Å². The van der Waals surface area contributed by atoms with Gasteiger partial charge < -0.3 is 15.1 Å². The standard InChI is InChI=1S/C20H26ClN3O3/c1-14-17(21)3-2-4-18(14)22-19(26)15-5-7-16(8-6-15)20(27)24-11-9-23(13-25)10-12-24/h2-4,13,15-16H,5-12H2,1H3,(H,22,26). The van der Waals surface area contributed by atoms with Gasteiger partial charge in [-0.2, -0.15) is 0 Å². The molecule has 2 fully saturated rings. The van der Waals surface area contributed by atoms with Crippen molar-refractivity contribution in [3.8, 4) is 0 Å². The maximum Gasteiger partial charge on any atom is 0.227 e. The van der Waals surface area contributed by atoms with Crippen LogP contribution in [0.4, 0.5) is 5.69 Å². The minimum absolute atomic E-state index is 0.00543. The van der Waals surface area contributed by atoms with Gasteiger partial charge in [0.2, 0.25) is 18.2 Å². The summed E-state index contributed by atoms with van der Waals surface area (Å²) >= 11 is 6.11. The van der Waals surface area contributed by atoms with E-state index in [4.69, 9.17) is 11.6 Å². The number of halogens is 1. The van der Waals surface area contributed by atoms with Crippen molar-refractivity contribution in [3.63, 3.8) is 0 Å². The zero-order valence-electron chi connectivity index (χ0n) is 15.6. The summed E-state index contributed by atoms with van der Waals surface area (Å²) in [5, 5.41) is 3.62. The molecule has 0 aromatic heterocycles. The highest BCUT2D eigenvalue weighted by Gasteiger charge is 2.33. The third-order valence-electron chi connectivity index (χ3n) is 5.75. The van der Waals surface area contributed by atoms with Gasteiger partial charge in [-0.15, -0.1) is 0 Å². The van der Waals surface area contributed by atoms with Crippen molar-refractivity contribution >= 4 is 35.5 Å². The fourth-order valence-electron chi connectivity index (χ4n) is 3.89. The number of amides is 3. The summed E-state index contributed by atoms with van der Waals surface area (Å²) in [6.45, 7) is 4.30. The second-order valence-electron chi connectivity index (χ2n) is 7.42. The van der Waals surface area contributed by atoms with E-state index in [1.807, 2.05) is 24.0 Å². The minimum atomic E-state index is -0.0701. The lowest BCUT2D eigenvalue weighted by Crippen LogP contribution is -2.50. The molecule has 1 aliphatic heterocycles. The van der Waals surface area contributed by atoms with Gasteiger partial charge in [0.1, 0.15) is 0 Å². The van der Waals surface area contributed by atoms with Crippen LogP contribution in [0.3, 0.4) is 0 Å². The highest BCUT2D eigenvalue weighted by atomic mass is 35.5. The molecule has 0 atom stereocenters. The number of anilines is 1. The van der Waals surface area contributed by atoms with Crippen LogP contribution in [0, 0.1) is 18.8 Å². The molecule has 1 saturated heterocycles. The van der Waals surface area contributed by atoms with Crippen molar-refractivity contribution in [3.05, 3.63) is 28.8 Å². The van der Waals surface area contributed by atoms with Crippen LogP contribution in [-0.4, -0.2) is 54.2 Å². The van der Waals surface area contributed by atoms with Crippen LogP contribution in [-0.2, 0) is 14.4 Å². The molecule has 0 unspecified atom stereocenters. The first-order valence-electron chi connectivity index (χ1n) is 9.53. The van der Waals surface area contributed by atoms with Crippen molar-refractivity contribution in [2.24, 2.45) is 11.8 Å². The summed E-state index contributed by atoms with van der Waals surface area (Å²) in [5.41, 5.74) is 1.62. The molecule has 7 heteroatoms. The van der Waals surface area contributed by atoms with E-state index in [0.29, 0.717) is 31.2 Å². The summed E-state index contributed by atoms with van der Waals surface area (Å²) < 4.78 is 0. The van der Waals surface area contributed by atoms with Gasteiger partial charge in [-0.05, 0) is 50.3 Å². The first-order valence-corrected chi connectivity index (χ1v) is 9.91. The Morgan fingerprint density at radius 3 is 2.33 bits per heavy atom. The summed E-state index contributed by atoms with van der Waals surface area (Å²) in [4.78, 5) is 39.6. The van der Waals surface area contributed by atoms with Crippen LogP contribution in [0.2, 0.25) is 5.02 Å². The first kappa shape index (κ1) is 19.7. The Hall–Kier alpha value is -2.08. The van der Waals surface area contributed by atoms with E-state index >= 15 is 0 Å². The predicted molar refractivity (Wildman–Crippen MR) is 104 cm³/mol. The molecule has 1 saturated carbocycles. The molecule has 146 valence electrons. The van der Waals surface area contributed by atoms with Crippen molar-refractivity contribution in [1.29, 1.82) is 0 Å². The Balaban J connectivity index is 1.49. The lowest BCUT2D eigenvalue weighted by Gasteiger charge is -2.36. The quantitative estimate of drug-likeness (QED) is 0.802. The number of hydrogen-bond acceptors (Lipinski definition) is 3. The van der Waals surface area contributed by atoms with Gasteiger partial charge in [0.15, 0.2) is 0 Å². The van der Waals surface area contributed by atoms with Crippen molar-refractivity contribution in [1.82, 2.24) is 9.80 Å². The Kier molecular flexibility index (Phi) is 6.37. The second kappa shape index (κ2) is 8.74. The molecular formula is C20H26ClN3O3. The van der Waals surface area contributed by atoms with Gasteiger partial charge in [0, 0.05) is 48.7 Å². The number of hydrogen-bond donors (Lipinski definition) is 1. The lowest BCUT2D eigenvalue weighted by molar-refractivity contribution is -0.140. The van der Waals surface area contributed by atoms with Crippen LogP contribution in [0.25, 0.3) is 0 Å². The zero-order valence-corrected chi connectivity index (χ0v) is 16.4. The van der Waals surface area contributed by atoms with Crippen LogP contribution in [0.15, 0.2) is 18.2 Å². The lowest BCUT2D eigenvalue weighted by atomic mass is 9.80. The largest absolute Gasteiger partial charge is 0.342 e. The fraction of sp³-hybridized carbons (Fsp3) is 0.550. The Labute approximate surface area is 164 Å². The summed E-state index contributed by atoms with van der Waals surface area (Å²) in [6.07, 6.45) is 3.75. The maximum absolute atomic E-state index is 12.7. The highest BCUT2D eigenvalue weighted by molar-refractivity contribution is 6.31. The molecule has 1 heterocycles. The van der Waals surface area contributed by atoms with Crippen LogP contribution in [0.1, 0.15) is 31.2 Å². The third-order valence-corrected chi connectivity index (χ3v) is 6.16. The van der Waals surface area contributed by atoms with Gasteiger partial charge in [0.05, 0.1) is 0 Å². The summed E-state index contributed by atoms with van der Waals surface area (Å²) in [5.74, 6) is 0.0973. The monoisotopic (exact) mass is 391 g/mol. The summed E-state index contributed by atoms with van der Waals surface area (Å²) in [6, 6.07) is 5.48. The van der Waals surface area contributed by atoms with Crippen molar-refractivity contribution in [2.45, 2.75) is 32.6 Å². The first-order chi connectivity index (χ1) is 13.0. The number of piperazine rings is 1. The van der Waals surface area contributed by atoms with Gasteiger partial charge in [-0.3, -0.25) is 14.4 Å². The topological polar surface area (TPSA) is 69.7 Å². The Morgan fingerprint density at radius 2 is 1.70 bits per heavy atom. The molecule has 1 N–H and O–H groups in total. The number of carbonyl (C=O) groups excluding carboxylic acids is 3. The zero-order chi connectivity index (χ0) is 19.4. The fourth-order valence-corrected chi connectivity index (χ4v) is 4.06. The molecule has 3 rings (SSSR count). The minimum Gasteiger partial charge on any atom is -0.342 e. The molecular weight excluding hydrogens is 366 g/mol. The van der Waals surface area contributed by atoms with Crippen molar-refractivity contribution < 1.29 is 14.4 Å². The average molecular weight is 392 g/mol. The SMILES string of the molecule is Cc1c(Cl)cccc1NC(=O)C1CCC(C(=O)N2CCN(C=O)CC2)CC1. The van der Waals surface area contributed by atoms with E-state index in [1.165, 1.54) is 0 Å². The van der Waals surface area contributed by atoms with E-state index < -0.39 is 0 Å². The van der Waals surface area contributed by atoms with Crippen molar-refractivity contribution in [2.75, 3.05) is 31.5 Å². The highest BCUT2D eigenvalue weighted by Crippen LogP contribution is 2.32. The third kappa shape index (κ3) is 4.61. The molecule has 1 aromatic rings. The average Bonchev–Trinajstić information content (AvgIpc) is 2.71. The molecule has 2 aliphatic rings.